The summed E-state index contributed by atoms with van der Waals surface area (Å²) in [5.41, 5.74) is 1.75. The van der Waals surface area contributed by atoms with Crippen molar-refractivity contribution >= 4 is 5.91 Å². The average molecular weight is 473 g/mol. The van der Waals surface area contributed by atoms with Crippen LogP contribution in [0.15, 0.2) is 66.7 Å². The van der Waals surface area contributed by atoms with Crippen LogP contribution in [0.5, 0.6) is 23.0 Å². The Morgan fingerprint density at radius 1 is 0.971 bits per heavy atom. The van der Waals surface area contributed by atoms with Crippen molar-refractivity contribution < 1.29 is 19.0 Å². The maximum Gasteiger partial charge on any atom is 0.235 e. The first-order chi connectivity index (χ1) is 17.0. The van der Waals surface area contributed by atoms with Crippen LogP contribution in [0, 0.1) is 0 Å². The number of ether oxygens (including phenoxy) is 3. The zero-order valence-corrected chi connectivity index (χ0v) is 20.5. The number of benzene rings is 3. The number of nitrogens with zero attached hydrogens (tertiary/aromatic N) is 1. The van der Waals surface area contributed by atoms with Crippen molar-refractivity contribution in [2.24, 2.45) is 0 Å². The van der Waals surface area contributed by atoms with Gasteiger partial charge in [-0.1, -0.05) is 36.4 Å². The summed E-state index contributed by atoms with van der Waals surface area (Å²) in [7, 11) is 3.29. The Labute approximate surface area is 206 Å². The maximum atomic E-state index is 14.3. The van der Waals surface area contributed by atoms with Crippen LogP contribution < -0.4 is 19.5 Å². The molecule has 1 fully saturated rings. The summed E-state index contributed by atoms with van der Waals surface area (Å²) < 4.78 is 17.3. The number of fused-ring (bicyclic) bond motifs is 2. The van der Waals surface area contributed by atoms with Crippen LogP contribution in [-0.2, 0) is 10.2 Å². The van der Waals surface area contributed by atoms with Gasteiger partial charge in [0.2, 0.25) is 5.91 Å². The van der Waals surface area contributed by atoms with E-state index in [1.807, 2.05) is 73.7 Å². The molecule has 6 heteroatoms. The van der Waals surface area contributed by atoms with Crippen LogP contribution in [0.1, 0.15) is 42.5 Å². The number of para-hydroxylation sites is 2. The van der Waals surface area contributed by atoms with E-state index in [0.29, 0.717) is 23.8 Å². The van der Waals surface area contributed by atoms with Gasteiger partial charge in [-0.3, -0.25) is 4.79 Å². The smallest absolute Gasteiger partial charge is 0.235 e. The van der Waals surface area contributed by atoms with Crippen molar-refractivity contribution in [2.45, 2.75) is 31.2 Å². The number of nitrogens with one attached hydrogen (secondary N) is 1. The molecule has 1 saturated heterocycles. The van der Waals surface area contributed by atoms with E-state index in [9.17, 15) is 4.79 Å². The highest BCUT2D eigenvalue weighted by Gasteiger charge is 2.45. The van der Waals surface area contributed by atoms with E-state index in [1.165, 1.54) is 12.8 Å². The standard InChI is InChI=1S/C29H32N2O4/c1-29(22-10-4-6-12-25(22)35-26-13-7-5-11-23(26)29)28(32)30-24(19-31-16-8-9-17-31)21-15-14-20(33-2)18-27(21)34-3/h4-7,10-15,18,24H,8-9,16-17,19H2,1-3H3,(H,30,32)/t24-/m1/s1. The molecule has 0 unspecified atom stereocenters. The van der Waals surface area contributed by atoms with Crippen LogP contribution in [0.25, 0.3) is 0 Å². The SMILES string of the molecule is COc1ccc([C@@H](CN2CCCC2)NC(=O)C2(C)c3ccccc3Oc3ccccc32)c(OC)c1. The van der Waals surface area contributed by atoms with Crippen molar-refractivity contribution in [3.8, 4) is 23.0 Å². The molecule has 0 saturated carbocycles. The third-order valence-electron chi connectivity index (χ3n) is 7.29. The molecule has 3 aromatic rings. The van der Waals surface area contributed by atoms with E-state index >= 15 is 0 Å². The second kappa shape index (κ2) is 9.62. The average Bonchev–Trinajstić information content (AvgIpc) is 3.41. The van der Waals surface area contributed by atoms with E-state index in [2.05, 4.69) is 10.2 Å². The maximum absolute atomic E-state index is 14.3. The number of methoxy groups -OCH3 is 2. The second-order valence-corrected chi connectivity index (χ2v) is 9.36. The van der Waals surface area contributed by atoms with Gasteiger partial charge in [-0.15, -0.1) is 0 Å². The highest BCUT2D eigenvalue weighted by molar-refractivity contribution is 5.94. The molecular weight excluding hydrogens is 440 g/mol. The van der Waals surface area contributed by atoms with Crippen LogP contribution >= 0.6 is 0 Å². The third kappa shape index (κ3) is 4.23. The summed E-state index contributed by atoms with van der Waals surface area (Å²) in [6, 6.07) is 21.1. The molecule has 2 heterocycles. The second-order valence-electron chi connectivity index (χ2n) is 9.36. The van der Waals surface area contributed by atoms with Gasteiger partial charge in [-0.05, 0) is 57.1 Å². The molecule has 1 atom stereocenters. The van der Waals surface area contributed by atoms with Gasteiger partial charge in [0, 0.05) is 29.3 Å². The van der Waals surface area contributed by atoms with E-state index in [-0.39, 0.29) is 11.9 Å². The number of carbonyl (C=O) groups is 1. The van der Waals surface area contributed by atoms with Crippen molar-refractivity contribution in [3.05, 3.63) is 83.4 Å². The zero-order chi connectivity index (χ0) is 24.4. The van der Waals surface area contributed by atoms with E-state index in [4.69, 9.17) is 14.2 Å². The minimum absolute atomic E-state index is 0.0669. The first-order valence-corrected chi connectivity index (χ1v) is 12.2. The minimum Gasteiger partial charge on any atom is -0.497 e. The van der Waals surface area contributed by atoms with Gasteiger partial charge in [0.25, 0.3) is 0 Å². The van der Waals surface area contributed by atoms with Gasteiger partial charge >= 0.3 is 0 Å². The van der Waals surface area contributed by atoms with Gasteiger partial charge in [0.1, 0.15) is 28.4 Å². The van der Waals surface area contributed by atoms with Crippen LogP contribution in [0.3, 0.4) is 0 Å². The predicted octanol–water partition coefficient (Wildman–Crippen LogP) is 5.07. The third-order valence-corrected chi connectivity index (χ3v) is 7.29. The van der Waals surface area contributed by atoms with Crippen molar-refractivity contribution in [1.82, 2.24) is 10.2 Å². The van der Waals surface area contributed by atoms with Gasteiger partial charge < -0.3 is 24.4 Å². The summed E-state index contributed by atoms with van der Waals surface area (Å²) in [6.45, 7) is 4.76. The molecule has 0 aromatic heterocycles. The lowest BCUT2D eigenvalue weighted by Crippen LogP contribution is -2.48. The highest BCUT2D eigenvalue weighted by atomic mass is 16.5. The number of hydrogen-bond acceptors (Lipinski definition) is 5. The zero-order valence-electron chi connectivity index (χ0n) is 20.5. The summed E-state index contributed by atoms with van der Waals surface area (Å²) in [5, 5.41) is 3.41. The molecule has 0 bridgehead atoms. The Balaban J connectivity index is 1.55. The normalized spacial score (nSPS) is 17.0. The van der Waals surface area contributed by atoms with Crippen LogP contribution in [-0.4, -0.2) is 44.7 Å². The van der Waals surface area contributed by atoms with Gasteiger partial charge in [-0.25, -0.2) is 0 Å². The van der Waals surface area contributed by atoms with Crippen molar-refractivity contribution in [2.75, 3.05) is 33.9 Å². The van der Waals surface area contributed by atoms with Crippen molar-refractivity contribution in [3.63, 3.8) is 0 Å². The Morgan fingerprint density at radius 3 is 2.20 bits per heavy atom. The number of rotatable bonds is 7. The Kier molecular flexibility index (Phi) is 6.39. The highest BCUT2D eigenvalue weighted by Crippen LogP contribution is 2.48. The van der Waals surface area contributed by atoms with E-state index < -0.39 is 5.41 Å². The quantitative estimate of drug-likeness (QED) is 0.520. The molecule has 182 valence electrons. The summed E-state index contributed by atoms with van der Waals surface area (Å²) in [5.74, 6) is 2.77. The van der Waals surface area contributed by atoms with Gasteiger partial charge in [-0.2, -0.15) is 0 Å². The fourth-order valence-electron chi connectivity index (χ4n) is 5.30. The Morgan fingerprint density at radius 2 is 1.60 bits per heavy atom. The van der Waals surface area contributed by atoms with Crippen LogP contribution in [0.4, 0.5) is 0 Å². The lowest BCUT2D eigenvalue weighted by Gasteiger charge is -2.37. The molecule has 35 heavy (non-hydrogen) atoms. The van der Waals surface area contributed by atoms with E-state index in [1.54, 1.807) is 14.2 Å². The summed E-state index contributed by atoms with van der Waals surface area (Å²) in [6.07, 6.45) is 2.35. The lowest BCUT2D eigenvalue weighted by atomic mass is 9.73. The predicted molar refractivity (Wildman–Crippen MR) is 136 cm³/mol. The number of hydrogen-bond donors (Lipinski definition) is 1. The number of amides is 1. The fourth-order valence-corrected chi connectivity index (χ4v) is 5.30. The first-order valence-electron chi connectivity index (χ1n) is 12.2. The monoisotopic (exact) mass is 472 g/mol. The first kappa shape index (κ1) is 23.2. The summed E-state index contributed by atoms with van der Waals surface area (Å²) in [4.78, 5) is 16.7. The number of carbonyl (C=O) groups excluding carboxylic acids is 1. The largest absolute Gasteiger partial charge is 0.497 e. The van der Waals surface area contributed by atoms with Gasteiger partial charge in [0.05, 0.1) is 20.3 Å². The molecule has 5 rings (SSSR count). The molecule has 6 nitrogen and oxygen atoms in total. The fraction of sp³-hybridized carbons (Fsp3) is 0.345. The number of likely N-dealkylation sites (tertiary alicyclic amines) is 1. The Hall–Kier alpha value is -3.51. The molecular formula is C29H32N2O4. The summed E-state index contributed by atoms with van der Waals surface area (Å²) >= 11 is 0. The van der Waals surface area contributed by atoms with Gasteiger partial charge in [0.15, 0.2) is 0 Å². The topological polar surface area (TPSA) is 60.0 Å². The molecule has 2 aliphatic rings. The molecule has 0 aliphatic carbocycles. The molecule has 1 N–H and O–H groups in total. The molecule has 2 aliphatic heterocycles. The lowest BCUT2D eigenvalue weighted by molar-refractivity contribution is -0.126. The van der Waals surface area contributed by atoms with Crippen molar-refractivity contribution in [1.29, 1.82) is 0 Å². The minimum atomic E-state index is -0.908. The molecule has 0 radical (unpaired) electrons. The van der Waals surface area contributed by atoms with E-state index in [0.717, 1.165) is 35.5 Å². The molecule has 0 spiro atoms. The molecule has 3 aromatic carbocycles. The molecule has 1 amide bonds. The van der Waals surface area contributed by atoms with Crippen LogP contribution in [0.2, 0.25) is 0 Å². The Bertz CT molecular complexity index is 1170.